The van der Waals surface area contributed by atoms with Crippen molar-refractivity contribution in [3.05, 3.63) is 58.6 Å². The summed E-state index contributed by atoms with van der Waals surface area (Å²) in [6.45, 7) is 4.26. The Balaban J connectivity index is 2.13. The average molecular weight is 368 g/mol. The van der Waals surface area contributed by atoms with Crippen LogP contribution in [0.25, 0.3) is 21.9 Å². The van der Waals surface area contributed by atoms with Gasteiger partial charge in [0.1, 0.15) is 5.76 Å². The Hall–Kier alpha value is -2.79. The van der Waals surface area contributed by atoms with Crippen LogP contribution in [0.4, 0.5) is 0 Å². The number of fused-ring (bicyclic) bond motifs is 1. The fourth-order valence-corrected chi connectivity index (χ4v) is 3.10. The monoisotopic (exact) mass is 368 g/mol. The smallest absolute Gasteiger partial charge is 0.343 e. The first-order valence-corrected chi connectivity index (χ1v) is 9.20. The molecular formula is C22H24O5. The van der Waals surface area contributed by atoms with E-state index in [0.717, 1.165) is 18.2 Å². The highest BCUT2D eigenvalue weighted by Gasteiger charge is 2.18. The van der Waals surface area contributed by atoms with Gasteiger partial charge in [-0.25, -0.2) is 4.79 Å². The average Bonchev–Trinajstić information content (AvgIpc) is 2.63. The highest BCUT2D eigenvalue weighted by atomic mass is 16.5. The molecule has 0 spiro atoms. The summed E-state index contributed by atoms with van der Waals surface area (Å²) in [7, 11) is 0. The van der Waals surface area contributed by atoms with E-state index in [2.05, 4.69) is 6.92 Å². The van der Waals surface area contributed by atoms with Crippen LogP contribution in [0.5, 0.6) is 11.5 Å². The maximum absolute atomic E-state index is 12.3. The molecule has 5 heteroatoms. The first kappa shape index (κ1) is 19.0. The van der Waals surface area contributed by atoms with E-state index in [1.807, 2.05) is 18.2 Å². The van der Waals surface area contributed by atoms with E-state index in [-0.39, 0.29) is 12.2 Å². The third kappa shape index (κ3) is 4.14. The zero-order chi connectivity index (χ0) is 19.4. The van der Waals surface area contributed by atoms with Crippen molar-refractivity contribution in [2.45, 2.75) is 39.2 Å². The molecule has 2 aromatic carbocycles. The van der Waals surface area contributed by atoms with Crippen LogP contribution < -0.4 is 10.4 Å². The third-order valence-corrected chi connectivity index (χ3v) is 4.39. The number of aromatic hydroxyl groups is 1. The molecule has 5 nitrogen and oxygen atoms in total. The number of unbranched alkanes of at least 4 members (excludes halogenated alkanes) is 1. The number of benzene rings is 2. The predicted molar refractivity (Wildman–Crippen MR) is 105 cm³/mol. The number of phenols is 1. The van der Waals surface area contributed by atoms with Gasteiger partial charge in [0.15, 0.2) is 11.5 Å². The first-order valence-electron chi connectivity index (χ1n) is 9.20. The van der Waals surface area contributed by atoms with Crippen LogP contribution >= 0.6 is 0 Å². The minimum atomic E-state index is -0.668. The van der Waals surface area contributed by atoms with Crippen LogP contribution in [0, 0.1) is 0 Å². The summed E-state index contributed by atoms with van der Waals surface area (Å²) in [6, 6.07) is 12.3. The summed E-state index contributed by atoms with van der Waals surface area (Å²) in [5, 5.41) is 21.4. The molecule has 1 atom stereocenters. The normalized spacial score (nSPS) is 12.3. The van der Waals surface area contributed by atoms with Gasteiger partial charge in [0, 0.05) is 17.4 Å². The van der Waals surface area contributed by atoms with Crippen LogP contribution in [0.15, 0.2) is 51.7 Å². The van der Waals surface area contributed by atoms with Crippen LogP contribution in [-0.2, 0) is 6.42 Å². The number of aliphatic hydroxyl groups is 1. The molecule has 0 saturated heterocycles. The molecule has 3 aromatic rings. The Morgan fingerprint density at radius 2 is 1.89 bits per heavy atom. The fraction of sp³-hybridized carbons (Fsp3) is 0.318. The number of hydrogen-bond donors (Lipinski definition) is 2. The van der Waals surface area contributed by atoms with E-state index in [1.165, 1.54) is 0 Å². The Morgan fingerprint density at radius 1 is 1.15 bits per heavy atom. The molecule has 0 saturated carbocycles. The molecule has 1 heterocycles. The maximum atomic E-state index is 12.3. The number of hydrogen-bond acceptors (Lipinski definition) is 5. The number of aliphatic hydroxyl groups excluding tert-OH is 1. The molecule has 1 aromatic heterocycles. The molecule has 3 rings (SSSR count). The second-order valence-corrected chi connectivity index (χ2v) is 6.67. The van der Waals surface area contributed by atoms with Gasteiger partial charge in [0.2, 0.25) is 0 Å². The summed E-state index contributed by atoms with van der Waals surface area (Å²) >= 11 is 0. The molecule has 142 valence electrons. The van der Waals surface area contributed by atoms with Gasteiger partial charge < -0.3 is 19.4 Å². The first-order chi connectivity index (χ1) is 13.0. The van der Waals surface area contributed by atoms with E-state index in [9.17, 15) is 15.0 Å². The molecule has 0 aliphatic carbocycles. The van der Waals surface area contributed by atoms with Crippen LogP contribution in [0.3, 0.4) is 0 Å². The van der Waals surface area contributed by atoms with Gasteiger partial charge in [-0.2, -0.15) is 0 Å². The van der Waals surface area contributed by atoms with E-state index >= 15 is 0 Å². The van der Waals surface area contributed by atoms with Gasteiger partial charge in [-0.1, -0.05) is 37.6 Å². The Bertz CT molecular complexity index is 988. The van der Waals surface area contributed by atoms with Gasteiger partial charge in [-0.05, 0) is 37.1 Å². The van der Waals surface area contributed by atoms with Gasteiger partial charge in [0.25, 0.3) is 0 Å². The van der Waals surface area contributed by atoms with Crippen molar-refractivity contribution < 1.29 is 19.4 Å². The van der Waals surface area contributed by atoms with Gasteiger partial charge in [-0.3, -0.25) is 0 Å². The van der Waals surface area contributed by atoms with Crippen molar-refractivity contribution in [1.29, 1.82) is 0 Å². The molecule has 0 aliphatic heterocycles. The number of rotatable bonds is 7. The molecule has 0 bridgehead atoms. The Kier molecular flexibility index (Phi) is 5.81. The lowest BCUT2D eigenvalue weighted by atomic mass is 9.96. The van der Waals surface area contributed by atoms with Crippen molar-refractivity contribution in [3.63, 3.8) is 0 Å². The van der Waals surface area contributed by atoms with Crippen molar-refractivity contribution in [2.24, 2.45) is 0 Å². The zero-order valence-electron chi connectivity index (χ0n) is 15.6. The molecule has 2 N–H and O–H groups in total. The van der Waals surface area contributed by atoms with Crippen molar-refractivity contribution in [1.82, 2.24) is 0 Å². The molecule has 0 amide bonds. The Morgan fingerprint density at radius 3 is 2.56 bits per heavy atom. The van der Waals surface area contributed by atoms with E-state index in [0.29, 0.717) is 34.6 Å². The van der Waals surface area contributed by atoms with Crippen molar-refractivity contribution in [2.75, 3.05) is 6.61 Å². The minimum absolute atomic E-state index is 0.0295. The molecule has 0 aliphatic rings. The largest absolute Gasteiger partial charge is 0.504 e. The summed E-state index contributed by atoms with van der Waals surface area (Å²) in [6.07, 6.45) is 1.45. The predicted octanol–water partition coefficient (Wildman–Crippen LogP) is 4.27. The summed E-state index contributed by atoms with van der Waals surface area (Å²) in [5.41, 5.74) is 0.959. The maximum Gasteiger partial charge on any atom is 0.343 e. The van der Waals surface area contributed by atoms with E-state index < -0.39 is 11.7 Å². The molecule has 0 radical (unpaired) electrons. The Labute approximate surface area is 157 Å². The topological polar surface area (TPSA) is 79.9 Å². The highest BCUT2D eigenvalue weighted by molar-refractivity contribution is 5.97. The second kappa shape index (κ2) is 8.27. The zero-order valence-corrected chi connectivity index (χ0v) is 15.6. The summed E-state index contributed by atoms with van der Waals surface area (Å²) < 4.78 is 11.1. The molecular weight excluding hydrogens is 344 g/mol. The van der Waals surface area contributed by atoms with Gasteiger partial charge in [-0.15, -0.1) is 0 Å². The highest BCUT2D eigenvalue weighted by Crippen LogP contribution is 2.36. The van der Waals surface area contributed by atoms with Gasteiger partial charge >= 0.3 is 5.63 Å². The quantitative estimate of drug-likeness (QED) is 0.609. The van der Waals surface area contributed by atoms with Crippen LogP contribution in [-0.4, -0.2) is 22.9 Å². The van der Waals surface area contributed by atoms with Crippen molar-refractivity contribution >= 4 is 10.8 Å². The standard InChI is InChI=1S/C22H24O5/c1-3-4-11-26-19-10-9-15(13-18(19)24)21-16-7-5-6-8-17(16)22(25)27-20(21)12-14(2)23/h5-10,13-14,23-24H,3-4,11-12H2,1-2H3. The molecule has 1 unspecified atom stereocenters. The second-order valence-electron chi connectivity index (χ2n) is 6.67. The van der Waals surface area contributed by atoms with E-state index in [4.69, 9.17) is 9.15 Å². The lowest BCUT2D eigenvalue weighted by Gasteiger charge is -2.14. The summed E-state index contributed by atoms with van der Waals surface area (Å²) in [5.74, 6) is 0.848. The fourth-order valence-electron chi connectivity index (χ4n) is 3.10. The van der Waals surface area contributed by atoms with Crippen LogP contribution in [0.2, 0.25) is 0 Å². The third-order valence-electron chi connectivity index (χ3n) is 4.39. The number of ether oxygens (including phenoxy) is 1. The summed E-state index contributed by atoms with van der Waals surface area (Å²) in [4.78, 5) is 12.3. The molecule has 27 heavy (non-hydrogen) atoms. The lowest BCUT2D eigenvalue weighted by Crippen LogP contribution is -2.11. The van der Waals surface area contributed by atoms with E-state index in [1.54, 1.807) is 31.2 Å². The molecule has 0 fully saturated rings. The van der Waals surface area contributed by atoms with Crippen molar-refractivity contribution in [3.8, 4) is 22.6 Å². The lowest BCUT2D eigenvalue weighted by molar-refractivity contribution is 0.186. The minimum Gasteiger partial charge on any atom is -0.504 e. The van der Waals surface area contributed by atoms with Crippen LogP contribution in [0.1, 0.15) is 32.4 Å². The number of phenolic OH excluding ortho intramolecular Hbond substituents is 1. The SMILES string of the molecule is CCCCOc1ccc(-c2c(CC(C)O)oc(=O)c3ccccc23)cc1O. The van der Waals surface area contributed by atoms with Gasteiger partial charge in [0.05, 0.1) is 18.1 Å².